The Morgan fingerprint density at radius 3 is 1.59 bits per heavy atom. The molecule has 2 saturated heterocycles. The monoisotopic (exact) mass is 1230 g/mol. The van der Waals surface area contributed by atoms with Crippen molar-refractivity contribution in [2.45, 2.75) is 88.5 Å². The summed E-state index contributed by atoms with van der Waals surface area (Å²) in [5.41, 5.74) is 4.39. The molecule has 6 aliphatic heterocycles. The van der Waals surface area contributed by atoms with Crippen LogP contribution in [0.2, 0.25) is 0 Å². The van der Waals surface area contributed by atoms with Gasteiger partial charge >= 0.3 is 254 Å². The molecule has 0 aromatic heterocycles. The number of hydrogen-bond acceptors (Lipinski definition) is 15. The van der Waals surface area contributed by atoms with Crippen molar-refractivity contribution in [2.24, 2.45) is 0 Å². The molecule has 4 aromatic carbocycles. The molecular formula is C52H58N4O14PSTl-. The first-order chi connectivity index (χ1) is 35.1. The van der Waals surface area contributed by atoms with E-state index in [9.17, 15) is 24.3 Å². The van der Waals surface area contributed by atoms with Gasteiger partial charge in [-0.25, -0.2) is 9.69 Å². The maximum atomic E-state index is 14.2. The molecule has 1 radical (unpaired) electrons. The Morgan fingerprint density at radius 1 is 0.685 bits per heavy atom. The summed E-state index contributed by atoms with van der Waals surface area (Å²) in [7, 11) is 7.03. The number of methoxy groups -OCH3 is 2. The van der Waals surface area contributed by atoms with Crippen molar-refractivity contribution in [1.29, 1.82) is 0 Å². The summed E-state index contributed by atoms with van der Waals surface area (Å²) < 4.78 is 52.1. The minimum atomic E-state index is -0.930. The predicted octanol–water partition coefficient (Wildman–Crippen LogP) is 7.78. The molecule has 73 heavy (non-hydrogen) atoms. The Labute approximate surface area is 448 Å². The van der Waals surface area contributed by atoms with E-state index in [-0.39, 0.29) is 80.6 Å². The summed E-state index contributed by atoms with van der Waals surface area (Å²) in [6.45, 7) is 8.36. The standard InChI is InChI=1S/C26H28N2O7PS.C26H28N2O7.Tl.2H/c1-3-11-33-26(30)28-19-15-22(35-37-36)21(31-2)14-17(19)24(29)27-18-9-5-4-8-16(18)13-20(27)25(28)34-23-10-6-7-12-32-23;1-3-11-34-26(31)28-19-15-21(29)22(32-2)14-17(19)24(30)27-18-9-5-4-8-16(18)13-20(27)25(28)35-23-10-6-7-12-33-23;;;/h3-5,8-9,14-15,20,23,25,37H,1,6-7,10-13H2,2H3;3-5,8-9,14-15,20,23,25,29H,1,6-7,10-13H2,2H3;;;/q-1;;;;/t2*20-,23?,25?;;;/m00.../s1. The number of benzene rings is 4. The van der Waals surface area contributed by atoms with Crippen molar-refractivity contribution in [3.05, 3.63) is 120 Å². The molecule has 6 heterocycles. The molecule has 21 heteroatoms. The average Bonchev–Trinajstić information content (AvgIpc) is 3.94. The first-order valence-corrected chi connectivity index (χ1v) is 25.7. The van der Waals surface area contributed by atoms with Crippen molar-refractivity contribution in [3.8, 4) is 23.0 Å². The fraction of sp³-hybridized carbons (Fsp3) is 0.385. The van der Waals surface area contributed by atoms with Gasteiger partial charge in [0.1, 0.15) is 6.61 Å². The summed E-state index contributed by atoms with van der Waals surface area (Å²) in [5.74, 6) is -0.0403. The summed E-state index contributed by atoms with van der Waals surface area (Å²) >= 11 is 0.321. The zero-order valence-electron chi connectivity index (χ0n) is 40.9. The molecule has 0 aliphatic carbocycles. The molecule has 1 N–H and O–H groups in total. The van der Waals surface area contributed by atoms with Crippen LogP contribution in [0.15, 0.2) is 98.1 Å². The predicted molar refractivity (Wildman–Crippen MR) is 279 cm³/mol. The van der Waals surface area contributed by atoms with Gasteiger partial charge in [0.25, 0.3) is 5.91 Å². The molecule has 4 aromatic rings. The number of aromatic hydroxyl groups is 1. The van der Waals surface area contributed by atoms with Crippen LogP contribution >= 0.6 is 7.81 Å². The molecule has 6 atom stereocenters. The molecular weight excluding hydrogens is 1170 g/mol. The summed E-state index contributed by atoms with van der Waals surface area (Å²) in [6.07, 6.45) is 4.73. The number of para-hydroxylation sites is 2. The second kappa shape index (κ2) is 24.3. The van der Waals surface area contributed by atoms with Crippen LogP contribution in [0.5, 0.6) is 23.0 Å². The number of phenols is 1. The normalized spacial score (nSPS) is 22.4. The average molecular weight is 1230 g/mol. The second-order valence-electron chi connectivity index (χ2n) is 17.5. The first-order valence-electron chi connectivity index (χ1n) is 23.8. The molecule has 18 nitrogen and oxygen atoms in total. The third-order valence-corrected chi connectivity index (χ3v) is 13.8. The molecule has 2 fully saturated rings. The van der Waals surface area contributed by atoms with E-state index in [0.29, 0.717) is 67.1 Å². The van der Waals surface area contributed by atoms with Crippen LogP contribution in [0.25, 0.3) is 0 Å². The SMILES string of the molecule is C=CCOC(=O)N1c2cc(O)c(OC)cc2C(=O)N2c3ccccc3C[C@H]2C1OC1CCCCO1.C=CCOC(=O)N1c2cc(O[SH-]#P)c(OC)cc2C(=O)N2c3ccccc3C[C@H]2C1OC1CCCCO1.[TlH2]. The Kier molecular flexibility index (Phi) is 17.9. The molecule has 0 spiro atoms. The summed E-state index contributed by atoms with van der Waals surface area (Å²) in [6, 6.07) is 20.2. The van der Waals surface area contributed by atoms with Crippen molar-refractivity contribution < 1.29 is 66.4 Å². The van der Waals surface area contributed by atoms with Gasteiger partial charge in [0.05, 0.1) is 24.4 Å². The van der Waals surface area contributed by atoms with Gasteiger partial charge in [0, 0.05) is 18.4 Å². The van der Waals surface area contributed by atoms with E-state index >= 15 is 0 Å². The first kappa shape index (κ1) is 53.9. The van der Waals surface area contributed by atoms with Gasteiger partial charge in [-0.2, -0.15) is 0 Å². The van der Waals surface area contributed by atoms with Crippen LogP contribution in [0.1, 0.15) is 70.4 Å². The molecule has 0 saturated carbocycles. The van der Waals surface area contributed by atoms with Gasteiger partial charge in [-0.1, -0.05) is 30.9 Å². The van der Waals surface area contributed by atoms with Crippen molar-refractivity contribution >= 4 is 92.9 Å². The maximum absolute atomic E-state index is 14.2. The van der Waals surface area contributed by atoms with E-state index in [1.807, 2.05) is 48.5 Å². The van der Waals surface area contributed by atoms with Gasteiger partial charge in [0.2, 0.25) is 0 Å². The molecule has 0 bridgehead atoms. The number of ether oxygens (including phenoxy) is 8. The fourth-order valence-corrected chi connectivity index (χ4v) is 10.5. The molecule has 4 unspecified atom stereocenters. The fourth-order valence-electron chi connectivity index (χ4n) is 10.0. The minimum absolute atomic E-state index is 0. The number of rotatable bonds is 11. The number of thiol groups is 1. The van der Waals surface area contributed by atoms with Crippen molar-refractivity contribution in [2.75, 3.05) is 60.2 Å². The van der Waals surface area contributed by atoms with Crippen LogP contribution in [-0.4, -0.2) is 134 Å². The number of fused-ring (bicyclic) bond motifs is 8. The van der Waals surface area contributed by atoms with Gasteiger partial charge in [-0.15, -0.1) is 0 Å². The quantitative estimate of drug-likeness (QED) is 0.0505. The third-order valence-electron chi connectivity index (χ3n) is 13.2. The number of nitrogens with zero attached hydrogens (tertiary/aromatic N) is 4. The zero-order valence-corrected chi connectivity index (χ0v) is 50.4. The number of anilines is 4. The number of hydrogen-bond donors (Lipinski definition) is 1. The van der Waals surface area contributed by atoms with E-state index in [1.54, 1.807) is 21.9 Å². The molecule has 385 valence electrons. The molecule has 10 rings (SSSR count). The number of carbonyl (C=O) groups is 4. The van der Waals surface area contributed by atoms with Gasteiger partial charge in [-0.05, 0) is 43.4 Å². The number of amides is 4. The third kappa shape index (κ3) is 10.9. The van der Waals surface area contributed by atoms with Crippen molar-refractivity contribution in [1.82, 2.24) is 0 Å². The van der Waals surface area contributed by atoms with Crippen LogP contribution in [-0.2, 0) is 52.3 Å². The topological polar surface area (TPSA) is 185 Å². The van der Waals surface area contributed by atoms with E-state index < -0.39 is 49.3 Å². The summed E-state index contributed by atoms with van der Waals surface area (Å²) in [5, 5.41) is 10.6. The molecule has 6 aliphatic rings. The zero-order chi connectivity index (χ0) is 50.5. The van der Waals surface area contributed by atoms with Gasteiger partial charge < -0.3 is 29.0 Å². The van der Waals surface area contributed by atoms with Gasteiger partial charge in [0.15, 0.2) is 24.0 Å². The molecule has 4 amide bonds. The van der Waals surface area contributed by atoms with E-state index in [1.165, 1.54) is 48.3 Å². The second-order valence-corrected chi connectivity index (χ2v) is 18.3. The van der Waals surface area contributed by atoms with Gasteiger partial charge in [-0.3, -0.25) is 4.79 Å². The van der Waals surface area contributed by atoms with Crippen molar-refractivity contribution in [3.63, 3.8) is 0 Å². The Hall–Kier alpha value is -5.42. The van der Waals surface area contributed by atoms with E-state index in [4.69, 9.17) is 42.1 Å². The Morgan fingerprint density at radius 2 is 1.15 bits per heavy atom. The number of phenolic OH excluding ortho intramolecular Hbond substituents is 1. The van der Waals surface area contributed by atoms with Crippen LogP contribution in [0, 0.1) is 0 Å². The van der Waals surface area contributed by atoms with Crippen LogP contribution in [0.3, 0.4) is 0 Å². The van der Waals surface area contributed by atoms with Crippen LogP contribution in [0.4, 0.5) is 32.3 Å². The van der Waals surface area contributed by atoms with E-state index in [0.717, 1.165) is 48.2 Å². The Balaban J connectivity index is 0.000000192. The van der Waals surface area contributed by atoms with Crippen LogP contribution < -0.4 is 33.3 Å². The Bertz CT molecular complexity index is 2790. The summed E-state index contributed by atoms with van der Waals surface area (Å²) in [4.78, 5) is 61.3. The number of carbonyl (C=O) groups excluding carboxylic acids is 4. The van der Waals surface area contributed by atoms with E-state index in [2.05, 4.69) is 21.0 Å².